The molecule has 0 unspecified atom stereocenters. The van der Waals surface area contributed by atoms with E-state index in [2.05, 4.69) is 0 Å². The number of ether oxygens (including phenoxy) is 2. The van der Waals surface area contributed by atoms with Crippen LogP contribution >= 0.6 is 0 Å². The molecule has 6 heteroatoms. The van der Waals surface area contributed by atoms with Crippen LogP contribution in [0.1, 0.15) is 13.3 Å². The van der Waals surface area contributed by atoms with E-state index >= 15 is 0 Å². The van der Waals surface area contributed by atoms with Crippen molar-refractivity contribution in [2.24, 2.45) is 0 Å². The Morgan fingerprint density at radius 2 is 2.00 bits per heavy atom. The van der Waals surface area contributed by atoms with Crippen LogP contribution in [0.25, 0.3) is 0 Å². The molecule has 1 aromatic carbocycles. The summed E-state index contributed by atoms with van der Waals surface area (Å²) in [6, 6.07) is 5.09. The molecule has 0 radical (unpaired) electrons. The molecule has 0 bridgehead atoms. The predicted octanol–water partition coefficient (Wildman–Crippen LogP) is 1.48. The maximum Gasteiger partial charge on any atom is 0.163 e. The van der Waals surface area contributed by atoms with Crippen molar-refractivity contribution in [1.29, 1.82) is 0 Å². The average Bonchev–Trinajstić information content (AvgIpc) is 2.35. The molecular formula is C12H19NO4S. The number of hydrogen-bond acceptors (Lipinski definition) is 5. The first-order chi connectivity index (χ1) is 8.48. The van der Waals surface area contributed by atoms with Gasteiger partial charge in [-0.15, -0.1) is 0 Å². The van der Waals surface area contributed by atoms with E-state index in [-0.39, 0.29) is 11.5 Å². The second-order valence-corrected chi connectivity index (χ2v) is 6.32. The van der Waals surface area contributed by atoms with E-state index in [0.717, 1.165) is 0 Å². The van der Waals surface area contributed by atoms with Gasteiger partial charge >= 0.3 is 0 Å². The second kappa shape index (κ2) is 6.49. The summed E-state index contributed by atoms with van der Waals surface area (Å²) in [5.74, 6) is 1.41. The molecule has 0 atom stereocenters. The number of nitrogens with two attached hydrogens (primary N) is 1. The average molecular weight is 273 g/mol. The SMILES string of the molecule is CCS(=O)(=O)CCCOc1cc(N)ccc1OC. The monoisotopic (exact) mass is 273 g/mol. The van der Waals surface area contributed by atoms with Gasteiger partial charge in [-0.3, -0.25) is 0 Å². The normalized spacial score (nSPS) is 11.2. The van der Waals surface area contributed by atoms with Crippen molar-refractivity contribution in [3.8, 4) is 11.5 Å². The highest BCUT2D eigenvalue weighted by atomic mass is 32.2. The van der Waals surface area contributed by atoms with Crippen LogP contribution in [-0.4, -0.2) is 33.6 Å². The fourth-order valence-corrected chi connectivity index (χ4v) is 2.26. The Balaban J connectivity index is 2.51. The van der Waals surface area contributed by atoms with Crippen LogP contribution in [0.2, 0.25) is 0 Å². The zero-order valence-electron chi connectivity index (χ0n) is 10.7. The highest BCUT2D eigenvalue weighted by Crippen LogP contribution is 2.28. The molecule has 5 nitrogen and oxygen atoms in total. The van der Waals surface area contributed by atoms with Crippen molar-refractivity contribution >= 4 is 15.5 Å². The lowest BCUT2D eigenvalue weighted by atomic mass is 10.3. The molecule has 1 aromatic rings. The van der Waals surface area contributed by atoms with Gasteiger partial charge in [0, 0.05) is 17.5 Å². The molecule has 18 heavy (non-hydrogen) atoms. The predicted molar refractivity (Wildman–Crippen MR) is 71.8 cm³/mol. The van der Waals surface area contributed by atoms with E-state index in [0.29, 0.717) is 30.2 Å². The van der Waals surface area contributed by atoms with Crippen LogP contribution in [0.4, 0.5) is 5.69 Å². The summed E-state index contributed by atoms with van der Waals surface area (Å²) >= 11 is 0. The summed E-state index contributed by atoms with van der Waals surface area (Å²) in [7, 11) is -1.39. The van der Waals surface area contributed by atoms with Gasteiger partial charge in [0.2, 0.25) is 0 Å². The highest BCUT2D eigenvalue weighted by molar-refractivity contribution is 7.91. The van der Waals surface area contributed by atoms with E-state index in [1.54, 1.807) is 32.2 Å². The third kappa shape index (κ3) is 4.44. The Bertz CT molecular complexity index is 485. The lowest BCUT2D eigenvalue weighted by Crippen LogP contribution is -2.12. The molecule has 0 aliphatic rings. The van der Waals surface area contributed by atoms with E-state index in [9.17, 15) is 8.42 Å². The van der Waals surface area contributed by atoms with Gasteiger partial charge < -0.3 is 15.2 Å². The minimum Gasteiger partial charge on any atom is -0.493 e. The quantitative estimate of drug-likeness (QED) is 0.601. The summed E-state index contributed by atoms with van der Waals surface area (Å²) in [6.45, 7) is 1.95. The van der Waals surface area contributed by atoms with Gasteiger partial charge in [-0.1, -0.05) is 6.92 Å². The number of anilines is 1. The zero-order valence-corrected chi connectivity index (χ0v) is 11.5. The number of rotatable bonds is 7. The van der Waals surface area contributed by atoms with Crippen molar-refractivity contribution in [3.05, 3.63) is 18.2 Å². The number of hydrogen-bond donors (Lipinski definition) is 1. The Kier molecular flexibility index (Phi) is 5.27. The summed E-state index contributed by atoms with van der Waals surface area (Å²) in [4.78, 5) is 0. The number of methoxy groups -OCH3 is 1. The molecule has 0 fully saturated rings. The summed E-state index contributed by atoms with van der Waals surface area (Å²) in [5.41, 5.74) is 6.22. The molecule has 0 saturated heterocycles. The van der Waals surface area contributed by atoms with Crippen molar-refractivity contribution in [3.63, 3.8) is 0 Å². The van der Waals surface area contributed by atoms with Gasteiger partial charge in [-0.25, -0.2) is 8.42 Å². The lowest BCUT2D eigenvalue weighted by molar-refractivity contribution is 0.295. The Hall–Kier alpha value is -1.43. The molecule has 0 aliphatic heterocycles. The van der Waals surface area contributed by atoms with Crippen molar-refractivity contribution < 1.29 is 17.9 Å². The molecule has 0 saturated carbocycles. The Morgan fingerprint density at radius 1 is 1.28 bits per heavy atom. The fourth-order valence-electron chi connectivity index (χ4n) is 1.41. The molecule has 0 heterocycles. The summed E-state index contributed by atoms with van der Waals surface area (Å²) < 4.78 is 33.2. The number of benzene rings is 1. The zero-order chi connectivity index (χ0) is 13.6. The topological polar surface area (TPSA) is 78.6 Å². The van der Waals surface area contributed by atoms with Crippen LogP contribution in [0.3, 0.4) is 0 Å². The first-order valence-corrected chi connectivity index (χ1v) is 7.57. The third-order valence-corrected chi connectivity index (χ3v) is 4.28. The lowest BCUT2D eigenvalue weighted by Gasteiger charge is -2.11. The molecule has 2 N–H and O–H groups in total. The molecule has 0 spiro atoms. The van der Waals surface area contributed by atoms with Crippen LogP contribution in [0, 0.1) is 0 Å². The molecule has 0 aliphatic carbocycles. The van der Waals surface area contributed by atoms with Gasteiger partial charge in [0.15, 0.2) is 11.5 Å². The standard InChI is InChI=1S/C12H19NO4S/c1-3-18(14,15)8-4-7-17-12-9-10(13)5-6-11(12)16-2/h5-6,9H,3-4,7-8,13H2,1-2H3. The van der Waals surface area contributed by atoms with E-state index in [1.807, 2.05) is 0 Å². The van der Waals surface area contributed by atoms with Gasteiger partial charge in [0.25, 0.3) is 0 Å². The van der Waals surface area contributed by atoms with Crippen molar-refractivity contribution in [1.82, 2.24) is 0 Å². The summed E-state index contributed by atoms with van der Waals surface area (Å²) in [6.07, 6.45) is 0.453. The minimum atomic E-state index is -2.93. The fraction of sp³-hybridized carbons (Fsp3) is 0.500. The maximum absolute atomic E-state index is 11.3. The number of sulfone groups is 1. The largest absolute Gasteiger partial charge is 0.493 e. The minimum absolute atomic E-state index is 0.133. The highest BCUT2D eigenvalue weighted by Gasteiger charge is 2.08. The van der Waals surface area contributed by atoms with Crippen molar-refractivity contribution in [2.45, 2.75) is 13.3 Å². The van der Waals surface area contributed by atoms with E-state index in [1.165, 1.54) is 0 Å². The first-order valence-electron chi connectivity index (χ1n) is 5.75. The van der Waals surface area contributed by atoms with Crippen molar-refractivity contribution in [2.75, 3.05) is 31.0 Å². The first kappa shape index (κ1) is 14.6. The van der Waals surface area contributed by atoms with Crippen LogP contribution in [0.5, 0.6) is 11.5 Å². The number of nitrogen functional groups attached to an aromatic ring is 1. The molecular weight excluding hydrogens is 254 g/mol. The van der Waals surface area contributed by atoms with Crippen LogP contribution in [0.15, 0.2) is 18.2 Å². The molecule has 0 aromatic heterocycles. The molecule has 1 rings (SSSR count). The molecule has 102 valence electrons. The second-order valence-electron chi connectivity index (χ2n) is 3.85. The third-order valence-electron chi connectivity index (χ3n) is 2.48. The van der Waals surface area contributed by atoms with E-state index < -0.39 is 9.84 Å². The van der Waals surface area contributed by atoms with Crippen LogP contribution in [-0.2, 0) is 9.84 Å². The van der Waals surface area contributed by atoms with E-state index in [4.69, 9.17) is 15.2 Å². The van der Waals surface area contributed by atoms with Gasteiger partial charge in [-0.05, 0) is 18.6 Å². The summed E-state index contributed by atoms with van der Waals surface area (Å²) in [5, 5.41) is 0. The smallest absolute Gasteiger partial charge is 0.163 e. The maximum atomic E-state index is 11.3. The van der Waals surface area contributed by atoms with Gasteiger partial charge in [-0.2, -0.15) is 0 Å². The molecule has 0 amide bonds. The van der Waals surface area contributed by atoms with Gasteiger partial charge in [0.05, 0.1) is 19.5 Å². The van der Waals surface area contributed by atoms with Gasteiger partial charge in [0.1, 0.15) is 9.84 Å². The van der Waals surface area contributed by atoms with Crippen LogP contribution < -0.4 is 15.2 Å². The Morgan fingerprint density at radius 3 is 2.61 bits per heavy atom. The Labute approximate surface area is 108 Å².